The maximum atomic E-state index is 12.9. The van der Waals surface area contributed by atoms with E-state index >= 15 is 0 Å². The molecular weight excluding hydrogens is 811 g/mol. The van der Waals surface area contributed by atoms with Crippen molar-refractivity contribution < 1.29 is 54.5 Å². The summed E-state index contributed by atoms with van der Waals surface area (Å²) in [5, 5.41) is 0.486. The molecule has 6 rings (SSSR count). The van der Waals surface area contributed by atoms with Crippen LogP contribution in [0.3, 0.4) is 0 Å². The molecule has 4 aliphatic rings. The Hall–Kier alpha value is -4.90. The van der Waals surface area contributed by atoms with E-state index in [2.05, 4.69) is 71.6 Å². The van der Waals surface area contributed by atoms with Gasteiger partial charge in [0.05, 0.1) is 21.6 Å². The number of imide groups is 1. The van der Waals surface area contributed by atoms with Gasteiger partial charge in [0.15, 0.2) is 5.71 Å². The quantitative estimate of drug-likeness (QED) is 0.116. The van der Waals surface area contributed by atoms with Crippen molar-refractivity contribution in [2.45, 2.75) is 110 Å². The molecule has 322 valence electrons. The second-order valence-electron chi connectivity index (χ2n) is 17.5. The molecule has 0 spiro atoms. The molecular formula is C44H54N3O11S2+. The van der Waals surface area contributed by atoms with Crippen molar-refractivity contribution in [1.82, 2.24) is 5.06 Å². The van der Waals surface area contributed by atoms with Crippen molar-refractivity contribution in [1.29, 1.82) is 0 Å². The predicted octanol–water partition coefficient (Wildman–Crippen LogP) is 7.33. The van der Waals surface area contributed by atoms with Crippen molar-refractivity contribution >= 4 is 66.3 Å². The lowest BCUT2D eigenvalue weighted by atomic mass is 9.75. The number of allylic oxidation sites excluding steroid dienone is 7. The van der Waals surface area contributed by atoms with Crippen LogP contribution in [-0.4, -0.2) is 83.5 Å². The van der Waals surface area contributed by atoms with Gasteiger partial charge in [-0.05, 0) is 82.9 Å². The molecule has 2 aromatic carbocycles. The van der Waals surface area contributed by atoms with Crippen LogP contribution in [0.15, 0.2) is 71.4 Å². The highest BCUT2D eigenvalue weighted by Gasteiger charge is 2.48. The Kier molecular flexibility index (Phi) is 12.0. The Balaban J connectivity index is 1.45. The second kappa shape index (κ2) is 16.2. The van der Waals surface area contributed by atoms with E-state index in [9.17, 15) is 40.3 Å². The Morgan fingerprint density at radius 3 is 2.30 bits per heavy atom. The molecule has 60 heavy (non-hydrogen) atoms. The van der Waals surface area contributed by atoms with Gasteiger partial charge in [0.1, 0.15) is 18.1 Å². The number of likely N-dealkylation sites (N-methyl/N-ethyl adjacent to an activating group) is 1. The number of fused-ring (bicyclic) bond motifs is 3. The van der Waals surface area contributed by atoms with Crippen molar-refractivity contribution in [3.63, 3.8) is 0 Å². The number of rotatable bonds is 13. The summed E-state index contributed by atoms with van der Waals surface area (Å²) in [4.78, 5) is 44.1. The van der Waals surface area contributed by atoms with Gasteiger partial charge in [0.2, 0.25) is 5.69 Å². The summed E-state index contributed by atoms with van der Waals surface area (Å²) in [6, 6.07) is 8.41. The first-order chi connectivity index (χ1) is 27.8. The number of hydroxylamine groups is 2. The van der Waals surface area contributed by atoms with Gasteiger partial charge in [-0.1, -0.05) is 39.0 Å². The first-order valence-corrected chi connectivity index (χ1v) is 23.1. The van der Waals surface area contributed by atoms with E-state index in [4.69, 9.17) is 9.57 Å². The minimum absolute atomic E-state index is 0.0169. The number of hydrogen-bond donors (Lipinski definition) is 2. The van der Waals surface area contributed by atoms with Crippen LogP contribution in [0.2, 0.25) is 0 Å². The zero-order valence-electron chi connectivity index (χ0n) is 35.4. The van der Waals surface area contributed by atoms with E-state index in [1.807, 2.05) is 35.8 Å². The lowest BCUT2D eigenvalue weighted by Crippen LogP contribution is -2.45. The van der Waals surface area contributed by atoms with Crippen LogP contribution in [0, 0.1) is 5.41 Å². The fraction of sp³-hybridized carbons (Fsp3) is 0.455. The minimum Gasteiger partial charge on any atom is -0.460 e. The molecule has 2 N–H and O–H groups in total. The van der Waals surface area contributed by atoms with E-state index in [1.165, 1.54) is 18.2 Å². The van der Waals surface area contributed by atoms with Gasteiger partial charge in [0, 0.05) is 78.2 Å². The maximum absolute atomic E-state index is 12.9. The molecule has 0 bridgehead atoms. The van der Waals surface area contributed by atoms with Crippen LogP contribution in [0.25, 0.3) is 11.1 Å². The smallest absolute Gasteiger partial charge is 0.333 e. The number of anilines is 1. The molecule has 1 fully saturated rings. The molecule has 0 aliphatic carbocycles. The molecule has 0 radical (unpaired) electrons. The van der Waals surface area contributed by atoms with Crippen molar-refractivity contribution in [3.8, 4) is 5.75 Å². The third-order valence-electron chi connectivity index (χ3n) is 11.5. The third kappa shape index (κ3) is 9.06. The minimum atomic E-state index is -4.64. The fourth-order valence-electron chi connectivity index (χ4n) is 8.60. The summed E-state index contributed by atoms with van der Waals surface area (Å²) in [5.41, 5.74) is 5.17. The number of ether oxygens (including phenoxy) is 1. The summed E-state index contributed by atoms with van der Waals surface area (Å²) in [7, 11) is -8.95. The standard InChI is InChI=1S/C44H53N3O11S2/c1-9-46-35-26-36-32(25-31(35)28(2)27-43(46,6)7)29(23-38(57-36)42(3,4)5)13-10-14-37-44(8,20-11-15-41(50)58-47-39(48)18-19-40(47)49)33-24-30(60(54,55)56)16-17-34(33)45(37)21-12-22-59(51,52)53/h10,13-14,16-17,23-27H,9,11-12,15,18-22H2,1-8H3,(H-,51,52,53,54,55,56)/p+1. The van der Waals surface area contributed by atoms with Crippen molar-refractivity contribution in [2.75, 3.05) is 23.7 Å². The van der Waals surface area contributed by atoms with Crippen molar-refractivity contribution in [3.05, 3.63) is 83.2 Å². The highest BCUT2D eigenvalue weighted by molar-refractivity contribution is 7.86. The number of nitrogens with zero attached hydrogens (tertiary/aromatic N) is 3. The van der Waals surface area contributed by atoms with Gasteiger partial charge in [-0.2, -0.15) is 21.4 Å². The molecule has 16 heteroatoms. The summed E-state index contributed by atoms with van der Waals surface area (Å²) >= 11 is 0. The molecule has 1 unspecified atom stereocenters. The zero-order chi connectivity index (χ0) is 44.2. The second-order valence-corrected chi connectivity index (χ2v) is 20.5. The molecule has 4 aliphatic heterocycles. The Morgan fingerprint density at radius 2 is 1.68 bits per heavy atom. The Morgan fingerprint density at radius 1 is 1.00 bits per heavy atom. The summed E-state index contributed by atoms with van der Waals surface area (Å²) < 4.78 is 76.5. The number of amides is 2. The zero-order valence-corrected chi connectivity index (χ0v) is 37.0. The average molecular weight is 865 g/mol. The molecule has 14 nitrogen and oxygen atoms in total. The number of carbonyl (C=O) groups excluding carboxylic acids is 3. The maximum Gasteiger partial charge on any atom is 0.333 e. The lowest BCUT2D eigenvalue weighted by Gasteiger charge is -2.43. The first kappa shape index (κ1) is 44.6. The SMILES string of the molecule is CCN1c2cc3c(cc2C(C)=CC1(C)C)/C(=C/C=C/C1=[N+](CCCS(=O)(=O)O)c2ccc(S(=O)(=O)O)cc2C1(C)CCCC(=O)ON1C(=O)CCC1=O)C=C(C(C)(C)C)O3. The van der Waals surface area contributed by atoms with E-state index in [0.717, 1.165) is 40.3 Å². The van der Waals surface area contributed by atoms with E-state index in [0.29, 0.717) is 27.8 Å². The monoisotopic (exact) mass is 864 g/mol. The number of benzene rings is 2. The topological polar surface area (TPSA) is 188 Å². The first-order valence-electron chi connectivity index (χ1n) is 20.1. The van der Waals surface area contributed by atoms with Gasteiger partial charge in [-0.15, -0.1) is 5.06 Å². The van der Waals surface area contributed by atoms with E-state index in [1.54, 1.807) is 0 Å². The molecule has 2 aromatic rings. The largest absolute Gasteiger partial charge is 0.460 e. The van der Waals surface area contributed by atoms with Crippen molar-refractivity contribution in [2.24, 2.45) is 5.41 Å². The van der Waals surface area contributed by atoms with Crippen LogP contribution in [0.4, 0.5) is 11.4 Å². The molecule has 2 amide bonds. The Labute approximate surface area is 352 Å². The summed E-state index contributed by atoms with van der Waals surface area (Å²) in [6.45, 7) is 17.6. The summed E-state index contributed by atoms with van der Waals surface area (Å²) in [6.07, 6.45) is 10.1. The van der Waals surface area contributed by atoms with E-state index in [-0.39, 0.29) is 60.9 Å². The molecule has 0 saturated carbocycles. The molecule has 4 heterocycles. The fourth-order valence-corrected chi connectivity index (χ4v) is 9.60. The lowest BCUT2D eigenvalue weighted by molar-refractivity contribution is -0.437. The Bertz CT molecular complexity index is 2530. The third-order valence-corrected chi connectivity index (χ3v) is 13.2. The van der Waals surface area contributed by atoms with Crippen LogP contribution in [-0.2, 0) is 44.9 Å². The van der Waals surface area contributed by atoms with Crippen LogP contribution in [0.5, 0.6) is 5.75 Å². The van der Waals surface area contributed by atoms with Crippen LogP contribution >= 0.6 is 0 Å². The molecule has 1 saturated heterocycles. The number of hydrogen-bond acceptors (Lipinski definition) is 10. The molecule has 0 aromatic heterocycles. The van der Waals surface area contributed by atoms with Gasteiger partial charge >= 0.3 is 5.97 Å². The highest BCUT2D eigenvalue weighted by atomic mass is 32.2. The average Bonchev–Trinajstić information content (AvgIpc) is 3.56. The van der Waals surface area contributed by atoms with Gasteiger partial charge in [0.25, 0.3) is 32.1 Å². The highest BCUT2D eigenvalue weighted by Crippen LogP contribution is 2.48. The summed E-state index contributed by atoms with van der Waals surface area (Å²) in [5.74, 6) is -1.05. The van der Waals surface area contributed by atoms with Crippen LogP contribution < -0.4 is 9.64 Å². The molecule has 1 atom stereocenters. The predicted molar refractivity (Wildman–Crippen MR) is 228 cm³/mol. The van der Waals surface area contributed by atoms with Crippen LogP contribution in [0.1, 0.15) is 111 Å². The number of carbonyl (C=O) groups is 3. The van der Waals surface area contributed by atoms with Gasteiger partial charge < -0.3 is 14.5 Å². The van der Waals surface area contributed by atoms with Gasteiger partial charge in [-0.25, -0.2) is 4.79 Å². The normalized spacial score (nSPS) is 20.9. The van der Waals surface area contributed by atoms with E-state index < -0.39 is 49.2 Å². The van der Waals surface area contributed by atoms with Gasteiger partial charge in [-0.3, -0.25) is 18.7 Å².